The predicted molar refractivity (Wildman–Crippen MR) is 100 cm³/mol. The van der Waals surface area contributed by atoms with Crippen molar-refractivity contribution < 1.29 is 13.9 Å². The summed E-state index contributed by atoms with van der Waals surface area (Å²) in [5, 5.41) is 11.6. The Labute approximate surface area is 159 Å². The van der Waals surface area contributed by atoms with Crippen LogP contribution in [0.4, 0.5) is 0 Å². The van der Waals surface area contributed by atoms with Crippen LogP contribution in [0.2, 0.25) is 5.02 Å². The zero-order chi connectivity index (χ0) is 18.4. The van der Waals surface area contributed by atoms with E-state index in [4.69, 9.17) is 20.8 Å². The second-order valence-electron chi connectivity index (χ2n) is 5.27. The molecule has 0 aliphatic heterocycles. The Bertz CT molecular complexity index is 901. The first kappa shape index (κ1) is 18.3. The number of halogens is 1. The Hall–Kier alpha value is -2.51. The summed E-state index contributed by atoms with van der Waals surface area (Å²) in [5.41, 5.74) is 1.62. The van der Waals surface area contributed by atoms with Crippen molar-refractivity contribution in [3.8, 4) is 17.2 Å². The average Bonchev–Trinajstić information content (AvgIpc) is 3.14. The molecule has 1 amide bonds. The number of nitrogens with zero attached hydrogens (tertiary/aromatic N) is 2. The summed E-state index contributed by atoms with van der Waals surface area (Å²) in [6.07, 6.45) is 0. The number of hydrogen-bond acceptors (Lipinski definition) is 6. The van der Waals surface area contributed by atoms with Crippen LogP contribution in [-0.2, 0) is 11.3 Å². The van der Waals surface area contributed by atoms with Gasteiger partial charge in [-0.25, -0.2) is 0 Å². The number of hydrogen-bond donors (Lipinski definition) is 1. The van der Waals surface area contributed by atoms with Crippen molar-refractivity contribution in [3.05, 3.63) is 59.1 Å². The van der Waals surface area contributed by atoms with E-state index in [0.717, 1.165) is 11.3 Å². The SMILES string of the molecule is COc1cccc(CNC(=O)CSc2nnc(-c3ccccc3Cl)o2)c1. The fourth-order valence-electron chi connectivity index (χ4n) is 2.17. The maximum absolute atomic E-state index is 12.0. The summed E-state index contributed by atoms with van der Waals surface area (Å²) in [7, 11) is 1.61. The topological polar surface area (TPSA) is 77.2 Å². The Kier molecular flexibility index (Phi) is 6.14. The number of rotatable bonds is 7. The molecule has 0 atom stereocenters. The smallest absolute Gasteiger partial charge is 0.277 e. The second kappa shape index (κ2) is 8.73. The lowest BCUT2D eigenvalue weighted by Gasteiger charge is -2.06. The van der Waals surface area contributed by atoms with E-state index in [-0.39, 0.29) is 11.7 Å². The van der Waals surface area contributed by atoms with Gasteiger partial charge in [0.2, 0.25) is 11.8 Å². The highest BCUT2D eigenvalue weighted by molar-refractivity contribution is 7.99. The summed E-state index contributed by atoms with van der Waals surface area (Å²) in [5.74, 6) is 1.13. The minimum absolute atomic E-state index is 0.129. The first-order chi connectivity index (χ1) is 12.7. The van der Waals surface area contributed by atoms with Crippen molar-refractivity contribution in [3.63, 3.8) is 0 Å². The molecule has 0 radical (unpaired) electrons. The third-order valence-electron chi connectivity index (χ3n) is 3.46. The number of amides is 1. The van der Waals surface area contributed by atoms with Gasteiger partial charge in [-0.15, -0.1) is 10.2 Å². The first-order valence-corrected chi connectivity index (χ1v) is 9.13. The third-order valence-corrected chi connectivity index (χ3v) is 4.61. The van der Waals surface area contributed by atoms with Gasteiger partial charge in [0.1, 0.15) is 5.75 Å². The molecule has 26 heavy (non-hydrogen) atoms. The number of methoxy groups -OCH3 is 1. The highest BCUT2D eigenvalue weighted by Crippen LogP contribution is 2.28. The van der Waals surface area contributed by atoms with E-state index in [0.29, 0.717) is 28.2 Å². The fourth-order valence-corrected chi connectivity index (χ4v) is 2.98. The van der Waals surface area contributed by atoms with Gasteiger partial charge in [-0.05, 0) is 29.8 Å². The predicted octanol–water partition coefficient (Wildman–Crippen LogP) is 3.81. The molecule has 0 fully saturated rings. The number of benzene rings is 2. The molecule has 0 aliphatic carbocycles. The van der Waals surface area contributed by atoms with E-state index < -0.39 is 0 Å². The Morgan fingerprint density at radius 1 is 1.23 bits per heavy atom. The van der Waals surface area contributed by atoms with Crippen LogP contribution in [0, 0.1) is 0 Å². The monoisotopic (exact) mass is 389 g/mol. The molecule has 0 spiro atoms. The highest BCUT2D eigenvalue weighted by atomic mass is 35.5. The Morgan fingerprint density at radius 3 is 2.88 bits per heavy atom. The molecule has 1 heterocycles. The van der Waals surface area contributed by atoms with Gasteiger partial charge in [0.15, 0.2) is 0 Å². The minimum Gasteiger partial charge on any atom is -0.497 e. The highest BCUT2D eigenvalue weighted by Gasteiger charge is 2.13. The van der Waals surface area contributed by atoms with Crippen LogP contribution >= 0.6 is 23.4 Å². The van der Waals surface area contributed by atoms with Gasteiger partial charge in [0, 0.05) is 6.54 Å². The standard InChI is InChI=1S/C18H16ClN3O3S/c1-24-13-6-4-5-12(9-13)10-20-16(23)11-26-18-22-21-17(25-18)14-7-2-3-8-15(14)19/h2-9H,10-11H2,1H3,(H,20,23). The molecule has 1 N–H and O–H groups in total. The molecule has 3 rings (SSSR count). The van der Waals surface area contributed by atoms with Gasteiger partial charge in [-0.3, -0.25) is 4.79 Å². The second-order valence-corrected chi connectivity index (χ2v) is 6.60. The molecule has 3 aromatic rings. The van der Waals surface area contributed by atoms with Crippen LogP contribution in [0.1, 0.15) is 5.56 Å². The van der Waals surface area contributed by atoms with E-state index in [1.54, 1.807) is 19.2 Å². The molecule has 134 valence electrons. The summed E-state index contributed by atoms with van der Waals surface area (Å²) in [6.45, 7) is 0.422. The molecule has 0 bridgehead atoms. The van der Waals surface area contributed by atoms with Gasteiger partial charge in [0.05, 0.1) is 23.4 Å². The molecular formula is C18H16ClN3O3S. The molecular weight excluding hydrogens is 374 g/mol. The maximum Gasteiger partial charge on any atom is 0.277 e. The van der Waals surface area contributed by atoms with E-state index >= 15 is 0 Å². The summed E-state index contributed by atoms with van der Waals surface area (Å²) < 4.78 is 10.7. The first-order valence-electron chi connectivity index (χ1n) is 7.76. The maximum atomic E-state index is 12.0. The minimum atomic E-state index is -0.129. The molecule has 1 aromatic heterocycles. The van der Waals surface area contributed by atoms with E-state index in [1.807, 2.05) is 36.4 Å². The molecule has 0 aliphatic rings. The van der Waals surface area contributed by atoms with Crippen molar-refractivity contribution in [2.75, 3.05) is 12.9 Å². The molecule has 0 unspecified atom stereocenters. The van der Waals surface area contributed by atoms with Crippen molar-refractivity contribution in [2.45, 2.75) is 11.8 Å². The van der Waals surface area contributed by atoms with Crippen LogP contribution < -0.4 is 10.1 Å². The van der Waals surface area contributed by atoms with Gasteiger partial charge in [-0.2, -0.15) is 0 Å². The van der Waals surface area contributed by atoms with Gasteiger partial charge < -0.3 is 14.5 Å². The number of nitrogens with one attached hydrogen (secondary N) is 1. The average molecular weight is 390 g/mol. The van der Waals surface area contributed by atoms with Crippen molar-refractivity contribution >= 4 is 29.3 Å². The van der Waals surface area contributed by atoms with Crippen LogP contribution in [0.5, 0.6) is 5.75 Å². The van der Waals surface area contributed by atoms with Crippen LogP contribution in [0.15, 0.2) is 58.2 Å². The lowest BCUT2D eigenvalue weighted by Crippen LogP contribution is -2.24. The Morgan fingerprint density at radius 2 is 2.08 bits per heavy atom. The number of carbonyl (C=O) groups excluding carboxylic acids is 1. The third kappa shape index (κ3) is 4.77. The number of aromatic nitrogens is 2. The number of carbonyl (C=O) groups is 1. The quantitative estimate of drug-likeness (QED) is 0.619. The molecule has 8 heteroatoms. The normalized spacial score (nSPS) is 10.5. The summed E-state index contributed by atoms with van der Waals surface area (Å²) in [4.78, 5) is 12.0. The van der Waals surface area contributed by atoms with Gasteiger partial charge in [0.25, 0.3) is 5.22 Å². The van der Waals surface area contributed by atoms with Crippen LogP contribution in [0.3, 0.4) is 0 Å². The van der Waals surface area contributed by atoms with Crippen LogP contribution in [0.25, 0.3) is 11.5 Å². The zero-order valence-electron chi connectivity index (χ0n) is 13.9. The number of thioether (sulfide) groups is 1. The Balaban J connectivity index is 1.51. The summed E-state index contributed by atoms with van der Waals surface area (Å²) in [6, 6.07) is 14.7. The number of ether oxygens (including phenoxy) is 1. The van der Waals surface area contributed by atoms with Gasteiger partial charge >= 0.3 is 0 Å². The van der Waals surface area contributed by atoms with Gasteiger partial charge in [-0.1, -0.05) is 47.6 Å². The molecule has 6 nitrogen and oxygen atoms in total. The lowest BCUT2D eigenvalue weighted by molar-refractivity contribution is -0.118. The zero-order valence-corrected chi connectivity index (χ0v) is 15.5. The van der Waals surface area contributed by atoms with E-state index in [2.05, 4.69) is 15.5 Å². The lowest BCUT2D eigenvalue weighted by atomic mass is 10.2. The molecule has 0 saturated carbocycles. The van der Waals surface area contributed by atoms with E-state index in [9.17, 15) is 4.79 Å². The van der Waals surface area contributed by atoms with Crippen molar-refractivity contribution in [1.29, 1.82) is 0 Å². The fraction of sp³-hybridized carbons (Fsp3) is 0.167. The largest absolute Gasteiger partial charge is 0.497 e. The van der Waals surface area contributed by atoms with E-state index in [1.165, 1.54) is 11.8 Å². The molecule has 0 saturated heterocycles. The van der Waals surface area contributed by atoms with Crippen molar-refractivity contribution in [1.82, 2.24) is 15.5 Å². The van der Waals surface area contributed by atoms with Crippen LogP contribution in [-0.4, -0.2) is 29.0 Å². The van der Waals surface area contributed by atoms with Crippen molar-refractivity contribution in [2.24, 2.45) is 0 Å². The molecule has 2 aromatic carbocycles. The summed E-state index contributed by atoms with van der Waals surface area (Å²) >= 11 is 7.28.